The molecule has 0 saturated heterocycles. The SMILES string of the molecule is Cc1ccc(F)c(-c2cc(=O)n(CC(=O)N[C@H]3C[C@@](C)(N=O)C3)nc2C(C)C)c1. The van der Waals surface area contributed by atoms with E-state index in [2.05, 4.69) is 15.6 Å². The zero-order valence-corrected chi connectivity index (χ0v) is 17.0. The molecular formula is C21H25FN4O3. The number of aromatic nitrogens is 2. The molecule has 1 aliphatic carbocycles. The number of nitrogens with one attached hydrogen (secondary N) is 1. The van der Waals surface area contributed by atoms with E-state index in [9.17, 15) is 18.9 Å². The van der Waals surface area contributed by atoms with E-state index in [1.165, 1.54) is 12.1 Å². The lowest BCUT2D eigenvalue weighted by Gasteiger charge is -2.39. The van der Waals surface area contributed by atoms with Crippen molar-refractivity contribution in [2.24, 2.45) is 5.18 Å². The van der Waals surface area contributed by atoms with Gasteiger partial charge in [-0.1, -0.05) is 30.7 Å². The Kier molecular flexibility index (Phi) is 5.64. The first-order valence-electron chi connectivity index (χ1n) is 9.64. The van der Waals surface area contributed by atoms with E-state index >= 15 is 0 Å². The van der Waals surface area contributed by atoms with Gasteiger partial charge < -0.3 is 5.32 Å². The zero-order chi connectivity index (χ0) is 21.3. The second-order valence-electron chi connectivity index (χ2n) is 8.34. The molecule has 1 aromatic carbocycles. The lowest BCUT2D eigenvalue weighted by Crippen LogP contribution is -2.53. The lowest BCUT2D eigenvalue weighted by atomic mass is 9.75. The first-order valence-corrected chi connectivity index (χ1v) is 9.64. The third kappa shape index (κ3) is 4.41. The Labute approximate surface area is 168 Å². The van der Waals surface area contributed by atoms with Gasteiger partial charge in [0.25, 0.3) is 5.56 Å². The number of amides is 1. The van der Waals surface area contributed by atoms with Crippen LogP contribution < -0.4 is 10.9 Å². The lowest BCUT2D eigenvalue weighted by molar-refractivity contribution is -0.123. The van der Waals surface area contributed by atoms with Crippen LogP contribution in [-0.4, -0.2) is 27.3 Å². The van der Waals surface area contributed by atoms with Crippen molar-refractivity contribution in [3.8, 4) is 11.1 Å². The number of nitroso groups, excluding NO2 is 1. The van der Waals surface area contributed by atoms with Crippen LogP contribution in [0.4, 0.5) is 4.39 Å². The molecule has 29 heavy (non-hydrogen) atoms. The van der Waals surface area contributed by atoms with Gasteiger partial charge in [0.05, 0.1) is 5.69 Å². The highest BCUT2D eigenvalue weighted by atomic mass is 19.1. The van der Waals surface area contributed by atoms with Gasteiger partial charge in [0.15, 0.2) is 0 Å². The van der Waals surface area contributed by atoms with Crippen LogP contribution in [0.2, 0.25) is 0 Å². The van der Waals surface area contributed by atoms with Crippen molar-refractivity contribution in [3.05, 3.63) is 56.6 Å². The van der Waals surface area contributed by atoms with Gasteiger partial charge in [0, 0.05) is 23.2 Å². The van der Waals surface area contributed by atoms with Gasteiger partial charge >= 0.3 is 0 Å². The Bertz CT molecular complexity index is 1010. The van der Waals surface area contributed by atoms with Crippen molar-refractivity contribution in [1.82, 2.24) is 15.1 Å². The molecule has 0 unspecified atom stereocenters. The summed E-state index contributed by atoms with van der Waals surface area (Å²) in [4.78, 5) is 35.6. The van der Waals surface area contributed by atoms with Gasteiger partial charge in [-0.3, -0.25) is 9.59 Å². The van der Waals surface area contributed by atoms with Crippen LogP contribution in [0.3, 0.4) is 0 Å². The Morgan fingerprint density at radius 2 is 2.03 bits per heavy atom. The predicted octanol–water partition coefficient (Wildman–Crippen LogP) is 3.28. The van der Waals surface area contributed by atoms with Gasteiger partial charge in [0.2, 0.25) is 5.91 Å². The molecule has 7 nitrogen and oxygen atoms in total. The quantitative estimate of drug-likeness (QED) is 0.753. The highest BCUT2D eigenvalue weighted by Crippen LogP contribution is 2.35. The molecule has 1 N–H and O–H groups in total. The van der Waals surface area contributed by atoms with E-state index < -0.39 is 16.9 Å². The molecule has 1 aromatic heterocycles. The normalized spacial score (nSPS) is 21.0. The minimum atomic E-state index is -0.628. The van der Waals surface area contributed by atoms with Crippen molar-refractivity contribution in [2.45, 2.75) is 64.6 Å². The van der Waals surface area contributed by atoms with E-state index in [-0.39, 0.29) is 24.4 Å². The molecule has 1 aliphatic rings. The first kappa shape index (κ1) is 20.8. The molecule has 3 rings (SSSR count). The molecule has 8 heteroatoms. The van der Waals surface area contributed by atoms with Crippen molar-refractivity contribution >= 4 is 5.91 Å². The maximum atomic E-state index is 14.4. The smallest absolute Gasteiger partial charge is 0.267 e. The average molecular weight is 400 g/mol. The highest BCUT2D eigenvalue weighted by Gasteiger charge is 2.42. The summed E-state index contributed by atoms with van der Waals surface area (Å²) in [5, 5.41) is 10.2. The molecule has 1 heterocycles. The summed E-state index contributed by atoms with van der Waals surface area (Å²) in [5.41, 5.74) is 1.07. The summed E-state index contributed by atoms with van der Waals surface area (Å²) in [6, 6.07) is 5.92. The van der Waals surface area contributed by atoms with E-state index in [4.69, 9.17) is 0 Å². The van der Waals surface area contributed by atoms with Gasteiger partial charge in [-0.15, -0.1) is 0 Å². The van der Waals surface area contributed by atoms with Crippen LogP contribution in [0, 0.1) is 17.6 Å². The van der Waals surface area contributed by atoms with Gasteiger partial charge in [-0.2, -0.15) is 10.0 Å². The van der Waals surface area contributed by atoms with Crippen LogP contribution in [-0.2, 0) is 11.3 Å². The molecule has 0 aliphatic heterocycles. The number of carbonyl (C=O) groups is 1. The van der Waals surface area contributed by atoms with E-state index in [1.807, 2.05) is 20.8 Å². The molecule has 1 amide bonds. The van der Waals surface area contributed by atoms with Crippen LogP contribution in [0.1, 0.15) is 50.8 Å². The maximum absolute atomic E-state index is 14.4. The van der Waals surface area contributed by atoms with E-state index in [1.54, 1.807) is 19.1 Å². The largest absolute Gasteiger partial charge is 0.352 e. The van der Waals surface area contributed by atoms with Crippen LogP contribution in [0.15, 0.2) is 34.2 Å². The minimum absolute atomic E-state index is 0.0779. The number of halogens is 1. The summed E-state index contributed by atoms with van der Waals surface area (Å²) in [5.74, 6) is -0.862. The third-order valence-corrected chi connectivity index (χ3v) is 5.24. The molecule has 1 saturated carbocycles. The summed E-state index contributed by atoms with van der Waals surface area (Å²) in [6.45, 7) is 7.15. The van der Waals surface area contributed by atoms with Gasteiger partial charge in [0.1, 0.15) is 17.9 Å². The monoisotopic (exact) mass is 400 g/mol. The molecule has 0 spiro atoms. The number of aryl methyl sites for hydroxylation is 1. The second-order valence-corrected chi connectivity index (χ2v) is 8.34. The molecule has 2 aromatic rings. The number of hydrogen-bond donors (Lipinski definition) is 1. The summed E-state index contributed by atoms with van der Waals surface area (Å²) in [6.07, 6.45) is 0.959. The predicted molar refractivity (Wildman–Crippen MR) is 108 cm³/mol. The fourth-order valence-corrected chi connectivity index (χ4v) is 3.69. The Balaban J connectivity index is 1.85. The van der Waals surface area contributed by atoms with Crippen LogP contribution in [0.5, 0.6) is 0 Å². The first-order chi connectivity index (χ1) is 13.6. The number of rotatable bonds is 6. The molecule has 1 fully saturated rings. The fourth-order valence-electron chi connectivity index (χ4n) is 3.69. The van der Waals surface area contributed by atoms with Gasteiger partial charge in [-0.05, 0) is 44.7 Å². The Morgan fingerprint density at radius 3 is 2.66 bits per heavy atom. The number of carbonyl (C=O) groups excluding carboxylic acids is 1. The number of benzene rings is 1. The average Bonchev–Trinajstić information content (AvgIpc) is 2.63. The summed E-state index contributed by atoms with van der Waals surface area (Å²) < 4.78 is 15.5. The van der Waals surface area contributed by atoms with Crippen molar-refractivity contribution in [1.29, 1.82) is 0 Å². The van der Waals surface area contributed by atoms with Crippen LogP contribution in [0.25, 0.3) is 11.1 Å². The molecule has 0 atom stereocenters. The second kappa shape index (κ2) is 7.85. The van der Waals surface area contributed by atoms with Crippen molar-refractivity contribution in [2.75, 3.05) is 0 Å². The third-order valence-electron chi connectivity index (χ3n) is 5.24. The minimum Gasteiger partial charge on any atom is -0.352 e. The van der Waals surface area contributed by atoms with E-state index in [0.29, 0.717) is 29.7 Å². The standard InChI is InChI=1S/C21H25FN4O3/c1-12(2)20-16(15-7-13(3)5-6-17(15)22)8-19(28)26(24-20)11-18(27)23-14-9-21(4,10-14)25-29/h5-8,12,14H,9-11H2,1-4H3,(H,23,27)/t14-,21+. The topological polar surface area (TPSA) is 93.4 Å². The zero-order valence-electron chi connectivity index (χ0n) is 17.0. The number of hydrogen-bond acceptors (Lipinski definition) is 5. The van der Waals surface area contributed by atoms with Crippen molar-refractivity contribution < 1.29 is 9.18 Å². The molecule has 0 bridgehead atoms. The Morgan fingerprint density at radius 1 is 1.34 bits per heavy atom. The molecule has 0 radical (unpaired) electrons. The van der Waals surface area contributed by atoms with Crippen LogP contribution >= 0.6 is 0 Å². The number of nitrogens with zero attached hydrogens (tertiary/aromatic N) is 3. The highest BCUT2D eigenvalue weighted by molar-refractivity contribution is 5.76. The van der Waals surface area contributed by atoms with E-state index in [0.717, 1.165) is 10.2 Å². The van der Waals surface area contributed by atoms with Gasteiger partial charge in [-0.25, -0.2) is 9.07 Å². The summed E-state index contributed by atoms with van der Waals surface area (Å²) in [7, 11) is 0. The van der Waals surface area contributed by atoms with Crippen molar-refractivity contribution in [3.63, 3.8) is 0 Å². The Hall–Kier alpha value is -2.90. The molecular weight excluding hydrogens is 375 g/mol. The fraction of sp³-hybridized carbons (Fsp3) is 0.476. The maximum Gasteiger partial charge on any atom is 0.267 e. The summed E-state index contributed by atoms with van der Waals surface area (Å²) >= 11 is 0. The molecule has 154 valence electrons.